The maximum absolute atomic E-state index is 12.4. The predicted molar refractivity (Wildman–Crippen MR) is 117 cm³/mol. The van der Waals surface area contributed by atoms with E-state index >= 15 is 0 Å². The highest BCUT2D eigenvalue weighted by Crippen LogP contribution is 2.18. The van der Waals surface area contributed by atoms with E-state index in [2.05, 4.69) is 10.0 Å². The van der Waals surface area contributed by atoms with Crippen LogP contribution in [0, 0.1) is 10.1 Å². The summed E-state index contributed by atoms with van der Waals surface area (Å²) in [7, 11) is -3.77. The second-order valence-corrected chi connectivity index (χ2v) is 9.12. The van der Waals surface area contributed by atoms with E-state index in [1.807, 2.05) is 0 Å². The van der Waals surface area contributed by atoms with Gasteiger partial charge in [0.1, 0.15) is 0 Å². The third kappa shape index (κ3) is 6.57. The Morgan fingerprint density at radius 3 is 2.61 bits per heavy atom. The predicted octanol–water partition coefficient (Wildman–Crippen LogP) is 2.24. The molecule has 3 rings (SSSR count). The van der Waals surface area contributed by atoms with E-state index in [4.69, 9.17) is 9.47 Å². The van der Waals surface area contributed by atoms with Crippen LogP contribution >= 0.6 is 0 Å². The van der Waals surface area contributed by atoms with Gasteiger partial charge in [0.05, 0.1) is 21.5 Å². The number of non-ortho nitro benzene ring substituents is 1. The fraction of sp³-hybridized carbons (Fsp3) is 0.333. The van der Waals surface area contributed by atoms with Crippen molar-refractivity contribution in [2.45, 2.75) is 36.9 Å². The summed E-state index contributed by atoms with van der Waals surface area (Å²) in [5.41, 5.74) is 0.0444. The maximum atomic E-state index is 12.4. The molecule has 0 aromatic heterocycles. The Labute approximate surface area is 190 Å². The summed E-state index contributed by atoms with van der Waals surface area (Å²) >= 11 is 0. The molecular formula is C21H23N3O8S. The van der Waals surface area contributed by atoms with E-state index in [0.717, 1.165) is 12.8 Å². The number of nitro groups is 1. The van der Waals surface area contributed by atoms with Gasteiger partial charge in [-0.3, -0.25) is 14.9 Å². The number of hydrogen-bond donors (Lipinski definition) is 2. The van der Waals surface area contributed by atoms with Crippen LogP contribution in [0.25, 0.3) is 0 Å². The molecule has 1 fully saturated rings. The van der Waals surface area contributed by atoms with E-state index in [-0.39, 0.29) is 34.5 Å². The van der Waals surface area contributed by atoms with Gasteiger partial charge in [0.15, 0.2) is 6.10 Å². The van der Waals surface area contributed by atoms with Gasteiger partial charge in [-0.15, -0.1) is 0 Å². The summed E-state index contributed by atoms with van der Waals surface area (Å²) in [5.74, 6) is -1.51. The Morgan fingerprint density at radius 1 is 1.24 bits per heavy atom. The summed E-state index contributed by atoms with van der Waals surface area (Å²) in [5, 5.41) is 13.3. The number of anilines is 1. The Kier molecular flexibility index (Phi) is 7.74. The Hall–Kier alpha value is -3.35. The zero-order chi connectivity index (χ0) is 24.0. The summed E-state index contributed by atoms with van der Waals surface area (Å²) < 4.78 is 37.8. The molecule has 2 unspecified atom stereocenters. The molecule has 1 amide bonds. The van der Waals surface area contributed by atoms with Crippen LogP contribution in [0.1, 0.15) is 30.1 Å². The van der Waals surface area contributed by atoms with Crippen LogP contribution in [0.2, 0.25) is 0 Å². The topological polar surface area (TPSA) is 154 Å². The van der Waals surface area contributed by atoms with Gasteiger partial charge < -0.3 is 14.8 Å². The number of esters is 1. The van der Waals surface area contributed by atoms with Crippen molar-refractivity contribution in [3.8, 4) is 0 Å². The monoisotopic (exact) mass is 477 g/mol. The average Bonchev–Trinajstić information content (AvgIpc) is 3.32. The lowest BCUT2D eigenvalue weighted by Gasteiger charge is -2.14. The van der Waals surface area contributed by atoms with Crippen LogP contribution in [0.4, 0.5) is 11.4 Å². The van der Waals surface area contributed by atoms with Crippen molar-refractivity contribution in [1.82, 2.24) is 4.72 Å². The Morgan fingerprint density at radius 2 is 1.97 bits per heavy atom. The van der Waals surface area contributed by atoms with Crippen molar-refractivity contribution in [2.24, 2.45) is 0 Å². The zero-order valence-electron chi connectivity index (χ0n) is 17.7. The van der Waals surface area contributed by atoms with Crippen LogP contribution in [0.15, 0.2) is 53.4 Å². The van der Waals surface area contributed by atoms with Gasteiger partial charge >= 0.3 is 5.97 Å². The molecule has 2 atom stereocenters. The lowest BCUT2D eigenvalue weighted by atomic mass is 10.2. The number of sulfonamides is 1. The van der Waals surface area contributed by atoms with Crippen LogP contribution in [0.5, 0.6) is 0 Å². The SMILES string of the molecule is CC(OC(=O)c1ccc(S(=O)(=O)NCC2CCCO2)cc1)C(=O)Nc1cccc([N+](=O)[O-])c1. The first-order valence-corrected chi connectivity index (χ1v) is 11.6. The van der Waals surface area contributed by atoms with Crippen LogP contribution in [-0.4, -0.2) is 50.6 Å². The van der Waals surface area contributed by atoms with E-state index in [1.54, 1.807) is 0 Å². The summed E-state index contributed by atoms with van der Waals surface area (Å²) in [6.07, 6.45) is 0.336. The largest absolute Gasteiger partial charge is 0.449 e. The number of nitro benzene ring substituents is 1. The van der Waals surface area contributed by atoms with Gasteiger partial charge in [0, 0.05) is 31.0 Å². The van der Waals surface area contributed by atoms with Crippen molar-refractivity contribution < 1.29 is 32.4 Å². The molecule has 2 N–H and O–H groups in total. The van der Waals surface area contributed by atoms with E-state index < -0.39 is 32.9 Å². The number of nitrogens with zero attached hydrogens (tertiary/aromatic N) is 1. The molecule has 1 aliphatic rings. The van der Waals surface area contributed by atoms with Crippen molar-refractivity contribution in [1.29, 1.82) is 0 Å². The van der Waals surface area contributed by atoms with E-state index in [1.165, 1.54) is 55.5 Å². The van der Waals surface area contributed by atoms with Crippen molar-refractivity contribution in [3.05, 3.63) is 64.2 Å². The van der Waals surface area contributed by atoms with Crippen molar-refractivity contribution in [2.75, 3.05) is 18.5 Å². The average molecular weight is 477 g/mol. The normalized spacial score (nSPS) is 16.7. The number of benzene rings is 2. The summed E-state index contributed by atoms with van der Waals surface area (Å²) in [4.78, 5) is 34.8. The lowest BCUT2D eigenvalue weighted by molar-refractivity contribution is -0.384. The molecule has 1 heterocycles. The minimum absolute atomic E-state index is 0.0199. The molecule has 2 aromatic carbocycles. The van der Waals surface area contributed by atoms with Gasteiger partial charge in [0.2, 0.25) is 10.0 Å². The van der Waals surface area contributed by atoms with E-state index in [0.29, 0.717) is 6.61 Å². The molecule has 0 bridgehead atoms. The second kappa shape index (κ2) is 10.5. The molecule has 0 aliphatic carbocycles. The first-order chi connectivity index (χ1) is 15.7. The standard InChI is InChI=1S/C21H23N3O8S/c1-14(20(25)23-16-4-2-5-17(12-16)24(27)28)32-21(26)15-7-9-19(10-8-15)33(29,30)22-13-18-6-3-11-31-18/h2,4-5,7-10,12,14,18,22H,3,6,11,13H2,1H3,(H,23,25). The molecule has 12 heteroatoms. The highest BCUT2D eigenvalue weighted by molar-refractivity contribution is 7.89. The number of rotatable bonds is 9. The van der Waals surface area contributed by atoms with E-state index in [9.17, 15) is 28.1 Å². The van der Waals surface area contributed by atoms with Crippen molar-refractivity contribution >= 4 is 33.3 Å². The fourth-order valence-corrected chi connectivity index (χ4v) is 4.15. The second-order valence-electron chi connectivity index (χ2n) is 7.36. The molecule has 0 spiro atoms. The smallest absolute Gasteiger partial charge is 0.338 e. The van der Waals surface area contributed by atoms with Crippen LogP contribution in [-0.2, 0) is 24.3 Å². The highest BCUT2D eigenvalue weighted by atomic mass is 32.2. The van der Waals surface area contributed by atoms with Crippen molar-refractivity contribution in [3.63, 3.8) is 0 Å². The molecule has 0 radical (unpaired) electrons. The highest BCUT2D eigenvalue weighted by Gasteiger charge is 2.22. The molecule has 1 aliphatic heterocycles. The number of carbonyl (C=O) groups is 2. The molecule has 2 aromatic rings. The summed E-state index contributed by atoms with van der Waals surface area (Å²) in [6.45, 7) is 2.13. The minimum Gasteiger partial charge on any atom is -0.449 e. The zero-order valence-corrected chi connectivity index (χ0v) is 18.5. The minimum atomic E-state index is -3.77. The first-order valence-electron chi connectivity index (χ1n) is 10.1. The van der Waals surface area contributed by atoms with Crippen LogP contribution in [0.3, 0.4) is 0 Å². The molecular weight excluding hydrogens is 454 g/mol. The van der Waals surface area contributed by atoms with Gasteiger partial charge in [0.25, 0.3) is 11.6 Å². The molecule has 176 valence electrons. The number of ether oxygens (including phenoxy) is 2. The number of nitrogens with one attached hydrogen (secondary N) is 2. The molecule has 0 saturated carbocycles. The van der Waals surface area contributed by atoms with Gasteiger partial charge in [-0.25, -0.2) is 17.9 Å². The van der Waals surface area contributed by atoms with Gasteiger partial charge in [-0.2, -0.15) is 0 Å². The Balaban J connectivity index is 1.56. The third-order valence-electron chi connectivity index (χ3n) is 4.90. The van der Waals surface area contributed by atoms with Gasteiger partial charge in [-0.1, -0.05) is 6.07 Å². The van der Waals surface area contributed by atoms with Crippen LogP contribution < -0.4 is 10.0 Å². The third-order valence-corrected chi connectivity index (χ3v) is 6.34. The first kappa shape index (κ1) is 24.3. The molecule has 33 heavy (non-hydrogen) atoms. The number of carbonyl (C=O) groups excluding carboxylic acids is 2. The molecule has 1 saturated heterocycles. The number of hydrogen-bond acceptors (Lipinski definition) is 8. The lowest BCUT2D eigenvalue weighted by Crippen LogP contribution is -2.32. The fourth-order valence-electron chi connectivity index (χ4n) is 3.08. The number of amides is 1. The summed E-state index contributed by atoms with van der Waals surface area (Å²) in [6, 6.07) is 10.4. The quantitative estimate of drug-likeness (QED) is 0.317. The Bertz CT molecular complexity index is 1130. The molecule has 11 nitrogen and oxygen atoms in total. The van der Waals surface area contributed by atoms with Gasteiger partial charge in [-0.05, 0) is 50.1 Å². The maximum Gasteiger partial charge on any atom is 0.338 e.